The van der Waals surface area contributed by atoms with E-state index in [1.54, 1.807) is 58.0 Å². The van der Waals surface area contributed by atoms with Gasteiger partial charge in [0.05, 0.1) is 25.2 Å². The molecule has 12 nitrogen and oxygen atoms in total. The van der Waals surface area contributed by atoms with Crippen LogP contribution in [0.3, 0.4) is 0 Å². The van der Waals surface area contributed by atoms with Crippen LogP contribution in [0.4, 0.5) is 0 Å². The lowest BCUT2D eigenvalue weighted by Crippen LogP contribution is -2.73. The van der Waals surface area contributed by atoms with Gasteiger partial charge >= 0.3 is 17.9 Å². The molecule has 2 aliphatic carbocycles. The normalized spacial score (nSPS) is 31.6. The second-order valence-corrected chi connectivity index (χ2v) is 14.3. The summed E-state index contributed by atoms with van der Waals surface area (Å²) >= 11 is 0. The van der Waals surface area contributed by atoms with Crippen LogP contribution in [-0.2, 0) is 38.1 Å². The predicted octanol–water partition coefficient (Wildman–Crippen LogP) is 3.60. The lowest BCUT2D eigenvalue weighted by Gasteiger charge is -2.60. The van der Waals surface area contributed by atoms with Crippen molar-refractivity contribution in [3.05, 3.63) is 58.4 Å². The van der Waals surface area contributed by atoms with Crippen molar-refractivity contribution in [2.24, 2.45) is 17.3 Å². The average molecular weight is 687 g/mol. The number of carbonyl (C=O) groups excluding carboxylic acids is 4. The van der Waals surface area contributed by atoms with Crippen molar-refractivity contribution in [1.29, 1.82) is 0 Å². The molecule has 2 bridgehead atoms. The molecule has 4 rings (SSSR count). The smallest absolute Gasteiger partial charge is 0.338 e. The SMILES string of the molecule is CO/C1=C(\C)C([C@]2(OC(C)=O)CO[C@@H]2CCO)[C@H](OC(=O)c2ccccc2)[C@]2(O)C[C@H](OC(=O)[C@H](O)CCC(C)C)C(C)=C(C1=O)C2(C)C. The highest BCUT2D eigenvalue weighted by atomic mass is 16.6. The molecule has 3 N–H and O–H groups in total. The second kappa shape index (κ2) is 14.7. The number of methoxy groups -OCH3 is 1. The number of allylic oxidation sites excluding steroid dienone is 1. The first kappa shape index (κ1) is 38.2. The van der Waals surface area contributed by atoms with Crippen LogP contribution in [0.25, 0.3) is 0 Å². The number of esters is 3. The molecule has 1 aromatic rings. The molecule has 49 heavy (non-hydrogen) atoms. The number of ketones is 1. The van der Waals surface area contributed by atoms with Crippen molar-refractivity contribution in [2.45, 2.75) is 110 Å². The fourth-order valence-electron chi connectivity index (χ4n) is 7.72. The fraction of sp³-hybridized carbons (Fsp3) is 0.622. The highest BCUT2D eigenvalue weighted by Crippen LogP contribution is 2.58. The zero-order valence-electron chi connectivity index (χ0n) is 29.6. The van der Waals surface area contributed by atoms with Crippen LogP contribution in [0.1, 0.15) is 84.5 Å². The molecule has 0 aromatic heterocycles. The number of rotatable bonds is 12. The summed E-state index contributed by atoms with van der Waals surface area (Å²) in [5.74, 6) is -4.19. The molecule has 7 atom stereocenters. The first-order valence-corrected chi connectivity index (χ1v) is 16.8. The summed E-state index contributed by atoms with van der Waals surface area (Å²) in [6.07, 6.45) is -4.74. The van der Waals surface area contributed by atoms with Gasteiger partial charge in [0.2, 0.25) is 5.78 Å². The molecule has 1 fully saturated rings. The molecule has 1 heterocycles. The van der Waals surface area contributed by atoms with Gasteiger partial charge in [0.1, 0.15) is 23.9 Å². The summed E-state index contributed by atoms with van der Waals surface area (Å²) in [5, 5.41) is 33.8. The van der Waals surface area contributed by atoms with E-state index in [0.29, 0.717) is 12.0 Å². The van der Waals surface area contributed by atoms with E-state index < -0.39 is 70.6 Å². The van der Waals surface area contributed by atoms with Crippen LogP contribution in [0.2, 0.25) is 0 Å². The van der Waals surface area contributed by atoms with Gasteiger partial charge < -0.3 is 39.0 Å². The van der Waals surface area contributed by atoms with Gasteiger partial charge in [0.15, 0.2) is 17.5 Å². The lowest BCUT2D eigenvalue weighted by atomic mass is 9.53. The Balaban J connectivity index is 2.00. The summed E-state index contributed by atoms with van der Waals surface area (Å²) in [5.41, 5.74) is -4.43. The van der Waals surface area contributed by atoms with Crippen molar-refractivity contribution in [3.63, 3.8) is 0 Å². The lowest BCUT2D eigenvalue weighted by molar-refractivity contribution is -0.295. The minimum atomic E-state index is -2.16. The minimum Gasteiger partial charge on any atom is -0.493 e. The maximum Gasteiger partial charge on any atom is 0.338 e. The van der Waals surface area contributed by atoms with Gasteiger partial charge in [-0.3, -0.25) is 9.59 Å². The predicted molar refractivity (Wildman–Crippen MR) is 176 cm³/mol. The molecule has 0 saturated carbocycles. The van der Waals surface area contributed by atoms with Gasteiger partial charge in [-0.1, -0.05) is 45.9 Å². The third-order valence-corrected chi connectivity index (χ3v) is 10.4. The van der Waals surface area contributed by atoms with Gasteiger partial charge in [-0.05, 0) is 55.9 Å². The van der Waals surface area contributed by atoms with Gasteiger partial charge in [-0.2, -0.15) is 0 Å². The number of carbonyl (C=O) groups is 4. The van der Waals surface area contributed by atoms with Gasteiger partial charge in [0.25, 0.3) is 0 Å². The van der Waals surface area contributed by atoms with Crippen LogP contribution >= 0.6 is 0 Å². The molecule has 1 saturated heterocycles. The Hall–Kier alpha value is -3.58. The molecule has 1 aromatic carbocycles. The summed E-state index contributed by atoms with van der Waals surface area (Å²) in [6.45, 7) is 11.0. The third-order valence-electron chi connectivity index (χ3n) is 10.4. The molecule has 12 heteroatoms. The molecule has 0 amide bonds. The summed E-state index contributed by atoms with van der Waals surface area (Å²) in [7, 11) is 1.31. The van der Waals surface area contributed by atoms with E-state index in [1.807, 2.05) is 13.8 Å². The highest BCUT2D eigenvalue weighted by Gasteiger charge is 2.69. The fourth-order valence-corrected chi connectivity index (χ4v) is 7.72. The number of aliphatic hydroxyl groups is 3. The van der Waals surface area contributed by atoms with E-state index >= 15 is 0 Å². The number of hydrogen-bond acceptors (Lipinski definition) is 12. The van der Waals surface area contributed by atoms with Gasteiger partial charge in [-0.25, -0.2) is 9.59 Å². The van der Waals surface area contributed by atoms with Crippen molar-refractivity contribution in [2.75, 3.05) is 20.3 Å². The molecular weight excluding hydrogens is 636 g/mol. The van der Waals surface area contributed by atoms with Crippen LogP contribution in [0.15, 0.2) is 52.8 Å². The second-order valence-electron chi connectivity index (χ2n) is 14.3. The average Bonchev–Trinajstić information content (AvgIpc) is 3.03. The largest absolute Gasteiger partial charge is 0.493 e. The van der Waals surface area contributed by atoms with E-state index in [-0.39, 0.29) is 60.9 Å². The van der Waals surface area contributed by atoms with Crippen molar-refractivity contribution in [3.8, 4) is 0 Å². The van der Waals surface area contributed by atoms with Crippen molar-refractivity contribution in [1.82, 2.24) is 0 Å². The Morgan fingerprint density at radius 2 is 1.69 bits per heavy atom. The number of benzene rings is 1. The van der Waals surface area contributed by atoms with E-state index in [0.717, 1.165) is 0 Å². The maximum absolute atomic E-state index is 14.6. The highest BCUT2D eigenvalue weighted by molar-refractivity contribution is 6.09. The molecular formula is C37H50O12. The van der Waals surface area contributed by atoms with Gasteiger partial charge in [-0.15, -0.1) is 0 Å². The Morgan fingerprint density at radius 1 is 1.04 bits per heavy atom. The summed E-state index contributed by atoms with van der Waals surface area (Å²) in [4.78, 5) is 54.5. The number of fused-ring (bicyclic) bond motifs is 2. The molecule has 1 unspecified atom stereocenters. The summed E-state index contributed by atoms with van der Waals surface area (Å²) in [6, 6.07) is 8.13. The zero-order chi connectivity index (χ0) is 36.5. The van der Waals surface area contributed by atoms with E-state index in [1.165, 1.54) is 14.0 Å². The standard InChI is InChI=1S/C37H50O12/c1-20(2)14-15-25(40)34(43)47-26-18-37(44)32(48-33(42)24-12-10-9-11-13-24)29(36(49-23(5)39)19-46-27(36)16-17-38)22(4)31(45-8)30(41)28(21(26)3)35(37,6)7/h9-13,20,25-27,29,32,38,40,44H,14-19H2,1-8H3/b31-22+/t25-,26+,27-,29?,32+,36+,37-/m1/s1. The molecule has 1 aliphatic heterocycles. The number of hydrogen-bond donors (Lipinski definition) is 3. The Bertz CT molecular complexity index is 1490. The monoisotopic (exact) mass is 686 g/mol. The maximum atomic E-state index is 14.6. The van der Waals surface area contributed by atoms with E-state index in [4.69, 9.17) is 23.7 Å². The van der Waals surface area contributed by atoms with Crippen molar-refractivity contribution >= 4 is 23.7 Å². The van der Waals surface area contributed by atoms with Crippen molar-refractivity contribution < 1.29 is 58.2 Å². The number of ether oxygens (including phenoxy) is 5. The molecule has 0 radical (unpaired) electrons. The first-order chi connectivity index (χ1) is 23.0. The quantitative estimate of drug-likeness (QED) is 0.216. The molecule has 270 valence electrons. The Kier molecular flexibility index (Phi) is 11.5. The molecule has 0 spiro atoms. The topological polar surface area (TPSA) is 175 Å². The van der Waals surface area contributed by atoms with Gasteiger partial charge in [0, 0.05) is 37.4 Å². The number of aliphatic hydroxyl groups excluding tert-OH is 2. The molecule has 3 aliphatic rings. The van der Waals surface area contributed by atoms with Crippen LogP contribution in [-0.4, -0.2) is 95.0 Å². The van der Waals surface area contributed by atoms with E-state index in [2.05, 4.69) is 0 Å². The zero-order valence-corrected chi connectivity index (χ0v) is 29.6. The van der Waals surface area contributed by atoms with E-state index in [9.17, 15) is 34.5 Å². The third kappa shape index (κ3) is 6.93. The minimum absolute atomic E-state index is 0.0211. The number of Topliss-reactive ketones (excluding diaryl/α,β-unsaturated/α-hetero) is 1. The first-order valence-electron chi connectivity index (χ1n) is 16.8. The van der Waals surface area contributed by atoms with Crippen LogP contribution in [0, 0.1) is 17.3 Å². The van der Waals surface area contributed by atoms with Crippen LogP contribution < -0.4 is 0 Å². The Morgan fingerprint density at radius 3 is 2.22 bits per heavy atom. The Labute approximate surface area is 287 Å². The summed E-state index contributed by atoms with van der Waals surface area (Å²) < 4.78 is 29.8. The van der Waals surface area contributed by atoms with Crippen LogP contribution in [0.5, 0.6) is 0 Å².